The van der Waals surface area contributed by atoms with Gasteiger partial charge in [0, 0.05) is 22.7 Å². The highest BCUT2D eigenvalue weighted by molar-refractivity contribution is 5.33. The zero-order valence-corrected chi connectivity index (χ0v) is 15.6. The average molecular weight is 352 g/mol. The van der Waals surface area contributed by atoms with E-state index >= 15 is 0 Å². The minimum absolute atomic E-state index is 0.0745. The summed E-state index contributed by atoms with van der Waals surface area (Å²) in [7, 11) is 0. The summed E-state index contributed by atoms with van der Waals surface area (Å²) in [6, 6.07) is 0. The van der Waals surface area contributed by atoms with E-state index in [4.69, 9.17) is 0 Å². The van der Waals surface area contributed by atoms with Gasteiger partial charge in [-0.2, -0.15) is 0 Å². The van der Waals surface area contributed by atoms with Gasteiger partial charge in [0.05, 0.1) is 23.9 Å². The van der Waals surface area contributed by atoms with Crippen molar-refractivity contribution in [3.63, 3.8) is 0 Å². The van der Waals surface area contributed by atoms with E-state index in [1.807, 2.05) is 6.92 Å². The molecule has 4 aliphatic carbocycles. The molecule has 9 atom stereocenters. The molecule has 0 heterocycles. The Bertz CT molecular complexity index is 626. The molecule has 2 bridgehead atoms. The van der Waals surface area contributed by atoms with Crippen LogP contribution in [-0.2, 0) is 0 Å². The van der Waals surface area contributed by atoms with Crippen LogP contribution >= 0.6 is 0 Å². The van der Waals surface area contributed by atoms with Gasteiger partial charge in [-0.1, -0.05) is 25.5 Å². The average Bonchev–Trinajstić information content (AvgIpc) is 2.75. The fourth-order valence-electron chi connectivity index (χ4n) is 7.20. The Hall–Kier alpha value is -0.460. The maximum absolute atomic E-state index is 11.6. The molecule has 3 fully saturated rings. The van der Waals surface area contributed by atoms with Crippen LogP contribution in [0.3, 0.4) is 0 Å². The van der Waals surface area contributed by atoms with E-state index in [1.54, 1.807) is 20.8 Å². The van der Waals surface area contributed by atoms with Crippen LogP contribution in [0.2, 0.25) is 0 Å². The third-order valence-corrected chi connectivity index (χ3v) is 8.75. The molecule has 4 rings (SSSR count). The molecule has 1 spiro atoms. The Morgan fingerprint density at radius 1 is 0.960 bits per heavy atom. The van der Waals surface area contributed by atoms with Crippen LogP contribution in [0.25, 0.3) is 0 Å². The van der Waals surface area contributed by atoms with Crippen molar-refractivity contribution in [3.05, 3.63) is 11.6 Å². The number of fused-ring (bicyclic) bond motifs is 2. The Morgan fingerprint density at radius 2 is 1.60 bits per heavy atom. The fourth-order valence-corrected chi connectivity index (χ4v) is 7.20. The molecule has 0 aromatic rings. The van der Waals surface area contributed by atoms with Gasteiger partial charge in [-0.05, 0) is 45.4 Å². The summed E-state index contributed by atoms with van der Waals surface area (Å²) < 4.78 is 0. The standard InChI is InChI=1S/C20H32O5/c1-10-8-19-9-15(22)20(25)13(7-14(21)17(20,2)3)18(4,24)12(19)6-5-11(10)16(19)23/h8,11-16,21-25H,5-7,9H2,1-4H3/t11-,12-,13-,14-,15+,16+,18+,19+,20-/m0/s1. The first-order valence-electron chi connectivity index (χ1n) is 9.59. The van der Waals surface area contributed by atoms with Gasteiger partial charge in [0.25, 0.3) is 0 Å². The minimum atomic E-state index is -1.60. The van der Waals surface area contributed by atoms with Crippen LogP contribution in [0.4, 0.5) is 0 Å². The van der Waals surface area contributed by atoms with Gasteiger partial charge in [-0.3, -0.25) is 0 Å². The molecule has 0 saturated heterocycles. The van der Waals surface area contributed by atoms with Gasteiger partial charge in [-0.15, -0.1) is 0 Å². The SMILES string of the molecule is CC1=C[C@@]23C[C@@H](O)[C@@]4(O)[C@@H](C[C@H](O)C4(C)C)[C@](C)(O)[C@@H]2CC[C@@H]1[C@H]3O. The van der Waals surface area contributed by atoms with Crippen molar-refractivity contribution in [3.8, 4) is 0 Å². The van der Waals surface area contributed by atoms with E-state index < -0.39 is 46.3 Å². The molecule has 0 radical (unpaired) electrons. The molecule has 5 heteroatoms. The summed E-state index contributed by atoms with van der Waals surface area (Å²) in [6.45, 7) is 7.27. The molecule has 142 valence electrons. The van der Waals surface area contributed by atoms with Crippen molar-refractivity contribution in [1.29, 1.82) is 0 Å². The van der Waals surface area contributed by atoms with Crippen molar-refractivity contribution < 1.29 is 25.5 Å². The minimum Gasteiger partial charge on any atom is -0.392 e. The van der Waals surface area contributed by atoms with Crippen molar-refractivity contribution in [2.75, 3.05) is 0 Å². The molecule has 25 heavy (non-hydrogen) atoms. The lowest BCUT2D eigenvalue weighted by Gasteiger charge is -2.51. The number of hydrogen-bond donors (Lipinski definition) is 5. The Kier molecular flexibility index (Phi) is 3.49. The second-order valence-corrected chi connectivity index (χ2v) is 9.98. The maximum atomic E-state index is 11.6. The van der Waals surface area contributed by atoms with Crippen molar-refractivity contribution >= 4 is 0 Å². The lowest BCUT2D eigenvalue weighted by molar-refractivity contribution is -0.200. The van der Waals surface area contributed by atoms with Gasteiger partial charge in [-0.25, -0.2) is 0 Å². The van der Waals surface area contributed by atoms with E-state index in [-0.39, 0.29) is 24.7 Å². The maximum Gasteiger partial charge on any atom is 0.104 e. The molecule has 0 aromatic heterocycles. The first-order chi connectivity index (χ1) is 11.4. The third kappa shape index (κ3) is 1.82. The van der Waals surface area contributed by atoms with E-state index in [9.17, 15) is 25.5 Å². The van der Waals surface area contributed by atoms with Crippen molar-refractivity contribution in [1.82, 2.24) is 0 Å². The molecular weight excluding hydrogens is 320 g/mol. The monoisotopic (exact) mass is 352 g/mol. The normalized spacial score (nSPS) is 59.8. The second kappa shape index (κ2) is 4.87. The number of aliphatic hydroxyl groups is 5. The van der Waals surface area contributed by atoms with Gasteiger partial charge < -0.3 is 25.5 Å². The van der Waals surface area contributed by atoms with Crippen LogP contribution in [0.1, 0.15) is 53.4 Å². The van der Waals surface area contributed by atoms with Gasteiger partial charge in [0.1, 0.15) is 5.60 Å². The molecule has 0 unspecified atom stereocenters. The lowest BCUT2D eigenvalue weighted by atomic mass is 9.57. The highest BCUT2D eigenvalue weighted by Crippen LogP contribution is 2.67. The van der Waals surface area contributed by atoms with Gasteiger partial charge >= 0.3 is 0 Å². The van der Waals surface area contributed by atoms with E-state index in [2.05, 4.69) is 6.08 Å². The third-order valence-electron chi connectivity index (χ3n) is 8.75. The van der Waals surface area contributed by atoms with Crippen LogP contribution in [0, 0.1) is 28.6 Å². The summed E-state index contributed by atoms with van der Waals surface area (Å²) in [5, 5.41) is 56.1. The molecular formula is C20H32O5. The van der Waals surface area contributed by atoms with E-state index in [1.165, 1.54) is 0 Å². The first-order valence-corrected chi connectivity index (χ1v) is 9.59. The number of hydrogen-bond acceptors (Lipinski definition) is 5. The molecule has 0 aromatic carbocycles. The predicted octanol–water partition coefficient (Wildman–Crippen LogP) is 0.974. The Morgan fingerprint density at radius 3 is 2.24 bits per heavy atom. The first kappa shape index (κ1) is 17.9. The molecule has 3 saturated carbocycles. The summed E-state index contributed by atoms with van der Waals surface area (Å²) in [6.07, 6.45) is 1.54. The smallest absolute Gasteiger partial charge is 0.104 e. The lowest BCUT2D eigenvalue weighted by Crippen LogP contribution is -2.60. The van der Waals surface area contributed by atoms with Crippen molar-refractivity contribution in [2.24, 2.45) is 28.6 Å². The largest absolute Gasteiger partial charge is 0.392 e. The molecule has 0 aliphatic heterocycles. The Balaban J connectivity index is 1.91. The summed E-state index contributed by atoms with van der Waals surface area (Å²) in [5.74, 6) is -0.814. The highest BCUT2D eigenvalue weighted by atomic mass is 16.4. The predicted molar refractivity (Wildman–Crippen MR) is 92.5 cm³/mol. The van der Waals surface area contributed by atoms with Crippen LogP contribution in [0.15, 0.2) is 11.6 Å². The van der Waals surface area contributed by atoms with Gasteiger partial charge in [0.2, 0.25) is 0 Å². The second-order valence-electron chi connectivity index (χ2n) is 9.98. The topological polar surface area (TPSA) is 101 Å². The zero-order valence-electron chi connectivity index (χ0n) is 15.6. The molecule has 5 nitrogen and oxygen atoms in total. The number of rotatable bonds is 0. The van der Waals surface area contributed by atoms with E-state index in [0.29, 0.717) is 0 Å². The zero-order chi connectivity index (χ0) is 18.6. The van der Waals surface area contributed by atoms with Gasteiger partial charge in [0.15, 0.2) is 0 Å². The molecule has 5 N–H and O–H groups in total. The molecule has 0 amide bonds. The quantitative estimate of drug-likeness (QED) is 0.418. The van der Waals surface area contributed by atoms with Crippen molar-refractivity contribution in [2.45, 2.75) is 82.9 Å². The van der Waals surface area contributed by atoms with E-state index in [0.717, 1.165) is 18.4 Å². The molecule has 4 aliphatic rings. The Labute approximate surface area is 149 Å². The summed E-state index contributed by atoms with van der Waals surface area (Å²) in [5.41, 5.74) is -3.41. The highest BCUT2D eigenvalue weighted by Gasteiger charge is 2.73. The number of aliphatic hydroxyl groups excluding tert-OH is 3. The van der Waals surface area contributed by atoms with Crippen LogP contribution in [-0.4, -0.2) is 55.0 Å². The van der Waals surface area contributed by atoms with Crippen LogP contribution in [0.5, 0.6) is 0 Å². The summed E-state index contributed by atoms with van der Waals surface area (Å²) in [4.78, 5) is 0. The fraction of sp³-hybridized carbons (Fsp3) is 0.900. The van der Waals surface area contributed by atoms with Crippen LogP contribution < -0.4 is 0 Å². The summed E-state index contributed by atoms with van der Waals surface area (Å²) >= 11 is 0.